The zero-order valence-electron chi connectivity index (χ0n) is 16.9. The Balaban J connectivity index is 1.37. The predicted octanol–water partition coefficient (Wildman–Crippen LogP) is 4.25. The summed E-state index contributed by atoms with van der Waals surface area (Å²) >= 11 is 0. The molecule has 158 valence electrons. The molecule has 0 bridgehead atoms. The van der Waals surface area contributed by atoms with E-state index in [1.54, 1.807) is 19.1 Å². The minimum Gasteiger partial charge on any atom is -0.501 e. The number of ether oxygens (including phenoxy) is 2. The third kappa shape index (κ3) is 3.74. The van der Waals surface area contributed by atoms with Crippen LogP contribution in [0.3, 0.4) is 0 Å². The Hall–Kier alpha value is -3.74. The van der Waals surface area contributed by atoms with Gasteiger partial charge in [-0.1, -0.05) is 30.3 Å². The Morgan fingerprint density at radius 2 is 2.03 bits per heavy atom. The van der Waals surface area contributed by atoms with Crippen molar-refractivity contribution in [1.29, 1.82) is 5.41 Å². The number of aromatic hydroxyl groups is 1. The second kappa shape index (κ2) is 7.50. The van der Waals surface area contributed by atoms with E-state index in [0.717, 1.165) is 17.7 Å². The summed E-state index contributed by atoms with van der Waals surface area (Å²) in [7, 11) is 0. The van der Waals surface area contributed by atoms with Gasteiger partial charge in [-0.25, -0.2) is 0 Å². The SMILES string of the molecule is CC(=N)C1CC1Nc1ccc2oc(C3=COC(Cc4ccccc4)O3)c(O)c(=O)c2c1. The third-order valence-corrected chi connectivity index (χ3v) is 5.62. The van der Waals surface area contributed by atoms with Gasteiger partial charge in [0.05, 0.1) is 5.39 Å². The largest absolute Gasteiger partial charge is 0.501 e. The second-order valence-corrected chi connectivity index (χ2v) is 7.95. The molecule has 3 N–H and O–H groups in total. The van der Waals surface area contributed by atoms with Gasteiger partial charge in [0.25, 0.3) is 0 Å². The van der Waals surface area contributed by atoms with Crippen molar-refractivity contribution in [3.8, 4) is 5.75 Å². The number of benzene rings is 2. The second-order valence-electron chi connectivity index (χ2n) is 7.95. The van der Waals surface area contributed by atoms with Gasteiger partial charge in [-0.3, -0.25) is 4.79 Å². The Kier molecular flexibility index (Phi) is 4.66. The lowest BCUT2D eigenvalue weighted by molar-refractivity contribution is -0.0145. The fourth-order valence-corrected chi connectivity index (χ4v) is 3.83. The maximum atomic E-state index is 12.8. The van der Waals surface area contributed by atoms with Crippen molar-refractivity contribution in [2.75, 3.05) is 5.32 Å². The van der Waals surface area contributed by atoms with Gasteiger partial charge in [0.2, 0.25) is 29.0 Å². The molecule has 1 aromatic heterocycles. The standard InChI is InChI=1S/C24H22N2O5/c1-13(25)16-11-18(16)26-15-7-8-19-17(10-15)22(27)23(28)24(31-19)20-12-29-21(30-20)9-14-5-3-2-4-6-14/h2-8,10,12,16,18,21,25-26,28H,9,11H2,1H3. The Labute approximate surface area is 178 Å². The van der Waals surface area contributed by atoms with Crippen LogP contribution in [0.5, 0.6) is 5.75 Å². The highest BCUT2D eigenvalue weighted by Gasteiger charge is 2.38. The average molecular weight is 418 g/mol. The van der Waals surface area contributed by atoms with Gasteiger partial charge in [-0.05, 0) is 37.1 Å². The van der Waals surface area contributed by atoms with Crippen molar-refractivity contribution in [1.82, 2.24) is 0 Å². The minimum absolute atomic E-state index is 0.0459. The van der Waals surface area contributed by atoms with Gasteiger partial charge >= 0.3 is 0 Å². The molecule has 7 nitrogen and oxygen atoms in total. The molecule has 3 atom stereocenters. The summed E-state index contributed by atoms with van der Waals surface area (Å²) in [6.45, 7) is 1.80. The molecule has 31 heavy (non-hydrogen) atoms. The molecule has 1 fully saturated rings. The van der Waals surface area contributed by atoms with E-state index in [2.05, 4.69) is 5.32 Å². The van der Waals surface area contributed by atoms with E-state index in [9.17, 15) is 9.90 Å². The Bertz CT molecular complexity index is 1250. The van der Waals surface area contributed by atoms with E-state index in [4.69, 9.17) is 19.3 Å². The van der Waals surface area contributed by atoms with Crippen LogP contribution in [0.15, 0.2) is 64.0 Å². The van der Waals surface area contributed by atoms with Gasteiger partial charge in [0, 0.05) is 29.8 Å². The van der Waals surface area contributed by atoms with E-state index in [1.807, 2.05) is 36.4 Å². The van der Waals surface area contributed by atoms with Crippen molar-refractivity contribution in [2.24, 2.45) is 5.92 Å². The van der Waals surface area contributed by atoms with E-state index < -0.39 is 17.5 Å². The van der Waals surface area contributed by atoms with Crippen molar-refractivity contribution < 1.29 is 19.0 Å². The lowest BCUT2D eigenvalue weighted by Crippen LogP contribution is -2.12. The first-order valence-electron chi connectivity index (χ1n) is 10.2. The lowest BCUT2D eigenvalue weighted by Gasteiger charge is -2.12. The molecular formula is C24H22N2O5. The van der Waals surface area contributed by atoms with Crippen LogP contribution < -0.4 is 10.7 Å². The van der Waals surface area contributed by atoms with E-state index in [0.29, 0.717) is 17.7 Å². The molecule has 1 aliphatic carbocycles. The number of fused-ring (bicyclic) bond motifs is 1. The summed E-state index contributed by atoms with van der Waals surface area (Å²) in [5.41, 5.74) is 2.25. The summed E-state index contributed by atoms with van der Waals surface area (Å²) in [5.74, 6) is -0.143. The van der Waals surface area contributed by atoms with Crippen LogP contribution >= 0.6 is 0 Å². The number of nitrogens with one attached hydrogen (secondary N) is 2. The topological polar surface area (TPSA) is 105 Å². The quantitative estimate of drug-likeness (QED) is 0.517. The van der Waals surface area contributed by atoms with Gasteiger partial charge in [0.15, 0.2) is 0 Å². The van der Waals surface area contributed by atoms with Gasteiger partial charge in [-0.15, -0.1) is 0 Å². The third-order valence-electron chi connectivity index (χ3n) is 5.62. The number of rotatable bonds is 6. The first kappa shape index (κ1) is 19.2. The summed E-state index contributed by atoms with van der Waals surface area (Å²) in [4.78, 5) is 12.8. The normalized spacial score (nSPS) is 21.8. The maximum absolute atomic E-state index is 12.8. The molecule has 1 saturated carbocycles. The van der Waals surface area contributed by atoms with E-state index >= 15 is 0 Å². The first-order chi connectivity index (χ1) is 15.0. The van der Waals surface area contributed by atoms with Crippen LogP contribution in [0.4, 0.5) is 5.69 Å². The van der Waals surface area contributed by atoms with Crippen molar-refractivity contribution in [3.63, 3.8) is 0 Å². The Morgan fingerprint density at radius 1 is 1.23 bits per heavy atom. The lowest BCUT2D eigenvalue weighted by atomic mass is 10.1. The molecule has 2 aliphatic rings. The van der Waals surface area contributed by atoms with Crippen LogP contribution in [-0.4, -0.2) is 23.2 Å². The van der Waals surface area contributed by atoms with Gasteiger partial charge in [-0.2, -0.15) is 0 Å². The smallest absolute Gasteiger partial charge is 0.244 e. The fourth-order valence-electron chi connectivity index (χ4n) is 3.83. The number of anilines is 1. The monoisotopic (exact) mass is 418 g/mol. The minimum atomic E-state index is -0.562. The van der Waals surface area contributed by atoms with Crippen LogP contribution in [-0.2, 0) is 15.9 Å². The van der Waals surface area contributed by atoms with Crippen LogP contribution in [0.25, 0.3) is 16.7 Å². The van der Waals surface area contributed by atoms with E-state index in [-0.39, 0.29) is 28.9 Å². The van der Waals surface area contributed by atoms with Crippen LogP contribution in [0, 0.1) is 11.3 Å². The number of hydrogen-bond donors (Lipinski definition) is 3. The highest BCUT2D eigenvalue weighted by molar-refractivity contribution is 5.86. The molecule has 7 heteroatoms. The van der Waals surface area contributed by atoms with Crippen molar-refractivity contribution in [2.45, 2.75) is 32.1 Å². The summed E-state index contributed by atoms with van der Waals surface area (Å²) in [6.07, 6.45) is 2.22. The number of hydrogen-bond acceptors (Lipinski definition) is 7. The summed E-state index contributed by atoms with van der Waals surface area (Å²) in [6, 6.07) is 15.1. The highest BCUT2D eigenvalue weighted by atomic mass is 16.7. The van der Waals surface area contributed by atoms with E-state index in [1.165, 1.54) is 6.26 Å². The molecule has 0 amide bonds. The molecule has 3 unspecified atom stereocenters. The van der Waals surface area contributed by atoms with Crippen molar-refractivity contribution >= 4 is 28.1 Å². The van der Waals surface area contributed by atoms with Crippen LogP contribution in [0.2, 0.25) is 0 Å². The summed E-state index contributed by atoms with van der Waals surface area (Å²) < 4.78 is 17.1. The average Bonchev–Trinajstić information content (AvgIpc) is 3.39. The zero-order valence-corrected chi connectivity index (χ0v) is 16.9. The molecule has 0 radical (unpaired) electrons. The predicted molar refractivity (Wildman–Crippen MR) is 117 cm³/mol. The molecule has 5 rings (SSSR count). The zero-order chi connectivity index (χ0) is 21.5. The highest BCUT2D eigenvalue weighted by Crippen LogP contribution is 2.36. The maximum Gasteiger partial charge on any atom is 0.244 e. The first-order valence-corrected chi connectivity index (χ1v) is 10.2. The molecule has 2 heterocycles. The Morgan fingerprint density at radius 3 is 2.77 bits per heavy atom. The molecule has 0 spiro atoms. The molecule has 1 aliphatic heterocycles. The van der Waals surface area contributed by atoms with Gasteiger partial charge in [0.1, 0.15) is 11.8 Å². The molecule has 2 aromatic carbocycles. The summed E-state index contributed by atoms with van der Waals surface area (Å²) in [5, 5.41) is 21.8. The van der Waals surface area contributed by atoms with Crippen LogP contribution in [0.1, 0.15) is 24.7 Å². The fraction of sp³-hybridized carbons (Fsp3) is 0.250. The molecule has 3 aromatic rings. The molecule has 0 saturated heterocycles. The van der Waals surface area contributed by atoms with Crippen molar-refractivity contribution in [3.05, 3.63) is 76.3 Å². The van der Waals surface area contributed by atoms with Gasteiger partial charge < -0.3 is 29.7 Å². The molecular weight excluding hydrogens is 396 g/mol.